The number of aromatic nitrogens is 1. The van der Waals surface area contributed by atoms with Crippen molar-refractivity contribution in [1.29, 1.82) is 0 Å². The molecule has 3 rings (SSSR count). The number of pyridine rings is 1. The standard InChI is InChI=1S/C15H19N3O/c1-15(6-9-19-10-7-15)18-13-5-4-12(16)11-3-2-8-17-14(11)13/h2-5,8,18H,6-7,9-10,16H2,1H3. The minimum Gasteiger partial charge on any atom is -0.398 e. The molecule has 0 bridgehead atoms. The molecular formula is C15H19N3O. The lowest BCUT2D eigenvalue weighted by atomic mass is 9.92. The molecule has 4 heteroatoms. The van der Waals surface area contributed by atoms with Crippen LogP contribution in [-0.4, -0.2) is 23.7 Å². The van der Waals surface area contributed by atoms with Crippen LogP contribution in [0.2, 0.25) is 0 Å². The molecule has 1 fully saturated rings. The molecule has 0 atom stereocenters. The summed E-state index contributed by atoms with van der Waals surface area (Å²) in [5.41, 5.74) is 8.83. The fourth-order valence-electron chi connectivity index (χ4n) is 2.57. The van der Waals surface area contributed by atoms with E-state index in [9.17, 15) is 0 Å². The maximum absolute atomic E-state index is 6.00. The molecule has 100 valence electrons. The molecular weight excluding hydrogens is 238 g/mol. The molecule has 0 spiro atoms. The van der Waals surface area contributed by atoms with Gasteiger partial charge in [-0.15, -0.1) is 0 Å². The SMILES string of the molecule is CC1(Nc2ccc(N)c3cccnc23)CCOCC1. The van der Waals surface area contributed by atoms with Gasteiger partial charge in [-0.3, -0.25) is 4.98 Å². The third kappa shape index (κ3) is 2.36. The molecule has 0 radical (unpaired) electrons. The van der Waals surface area contributed by atoms with Gasteiger partial charge in [-0.05, 0) is 44.0 Å². The first kappa shape index (κ1) is 12.2. The highest BCUT2D eigenvalue weighted by atomic mass is 16.5. The zero-order valence-corrected chi connectivity index (χ0v) is 11.1. The monoisotopic (exact) mass is 257 g/mol. The minimum atomic E-state index is 0.0683. The number of fused-ring (bicyclic) bond motifs is 1. The molecule has 2 heterocycles. The Labute approximate surface area is 113 Å². The van der Waals surface area contributed by atoms with Gasteiger partial charge in [0, 0.05) is 36.0 Å². The van der Waals surface area contributed by atoms with Gasteiger partial charge in [0.05, 0.1) is 11.2 Å². The fraction of sp³-hybridized carbons (Fsp3) is 0.400. The van der Waals surface area contributed by atoms with Crippen LogP contribution in [0, 0.1) is 0 Å². The third-order valence-corrected chi connectivity index (χ3v) is 3.84. The van der Waals surface area contributed by atoms with E-state index in [0.717, 1.165) is 48.3 Å². The smallest absolute Gasteiger partial charge is 0.0954 e. The number of ether oxygens (including phenoxy) is 1. The summed E-state index contributed by atoms with van der Waals surface area (Å²) in [4.78, 5) is 4.46. The van der Waals surface area contributed by atoms with E-state index in [0.29, 0.717) is 0 Å². The maximum atomic E-state index is 6.00. The second-order valence-electron chi connectivity index (χ2n) is 5.40. The Balaban J connectivity index is 1.99. The molecule has 1 saturated heterocycles. The first-order valence-corrected chi connectivity index (χ1v) is 6.67. The maximum Gasteiger partial charge on any atom is 0.0954 e. The van der Waals surface area contributed by atoms with Crippen molar-refractivity contribution in [3.05, 3.63) is 30.5 Å². The molecule has 0 aliphatic carbocycles. The first-order chi connectivity index (χ1) is 9.18. The second-order valence-corrected chi connectivity index (χ2v) is 5.40. The van der Waals surface area contributed by atoms with Crippen LogP contribution >= 0.6 is 0 Å². The normalized spacial score (nSPS) is 18.4. The van der Waals surface area contributed by atoms with Gasteiger partial charge in [-0.1, -0.05) is 0 Å². The summed E-state index contributed by atoms with van der Waals surface area (Å²) in [6.45, 7) is 3.86. The van der Waals surface area contributed by atoms with Gasteiger partial charge in [-0.25, -0.2) is 0 Å². The largest absolute Gasteiger partial charge is 0.398 e. The van der Waals surface area contributed by atoms with Crippen LogP contribution in [0.3, 0.4) is 0 Å². The predicted octanol–water partition coefficient (Wildman–Crippen LogP) is 2.80. The molecule has 1 aliphatic rings. The van der Waals surface area contributed by atoms with Crippen molar-refractivity contribution in [2.24, 2.45) is 0 Å². The van der Waals surface area contributed by atoms with Gasteiger partial charge >= 0.3 is 0 Å². The third-order valence-electron chi connectivity index (χ3n) is 3.84. The average Bonchev–Trinajstić information content (AvgIpc) is 2.43. The number of benzene rings is 1. The van der Waals surface area contributed by atoms with Gasteiger partial charge < -0.3 is 15.8 Å². The van der Waals surface area contributed by atoms with E-state index in [4.69, 9.17) is 10.5 Å². The van der Waals surface area contributed by atoms with Crippen LogP contribution in [0.4, 0.5) is 11.4 Å². The number of nitrogens with one attached hydrogen (secondary N) is 1. The van der Waals surface area contributed by atoms with Gasteiger partial charge in [0.15, 0.2) is 0 Å². The van der Waals surface area contributed by atoms with Crippen molar-refractivity contribution < 1.29 is 4.74 Å². The minimum absolute atomic E-state index is 0.0683. The summed E-state index contributed by atoms with van der Waals surface area (Å²) in [5, 5.41) is 4.63. The molecule has 1 aromatic heterocycles. The summed E-state index contributed by atoms with van der Waals surface area (Å²) >= 11 is 0. The molecule has 1 aromatic carbocycles. The first-order valence-electron chi connectivity index (χ1n) is 6.67. The number of hydrogen-bond donors (Lipinski definition) is 2. The van der Waals surface area contributed by atoms with Crippen LogP contribution < -0.4 is 11.1 Å². The van der Waals surface area contributed by atoms with Gasteiger partial charge in [0.1, 0.15) is 0 Å². The van der Waals surface area contributed by atoms with E-state index in [-0.39, 0.29) is 5.54 Å². The summed E-state index contributed by atoms with van der Waals surface area (Å²) in [6, 6.07) is 7.88. The Hall–Kier alpha value is -1.81. The number of nitrogens with two attached hydrogens (primary N) is 1. The Morgan fingerprint density at radius 1 is 1.26 bits per heavy atom. The highest BCUT2D eigenvalue weighted by molar-refractivity contribution is 5.98. The van der Waals surface area contributed by atoms with Crippen molar-refractivity contribution in [3.63, 3.8) is 0 Å². The fourth-order valence-corrected chi connectivity index (χ4v) is 2.57. The van der Waals surface area contributed by atoms with Crippen LogP contribution in [0.1, 0.15) is 19.8 Å². The number of anilines is 2. The Bertz CT molecular complexity index is 591. The van der Waals surface area contributed by atoms with Crippen LogP contribution in [-0.2, 0) is 4.74 Å². The molecule has 0 unspecified atom stereocenters. The van der Waals surface area contributed by atoms with E-state index in [2.05, 4.69) is 17.2 Å². The van der Waals surface area contributed by atoms with E-state index < -0.39 is 0 Å². The van der Waals surface area contributed by atoms with Gasteiger partial charge in [-0.2, -0.15) is 0 Å². The van der Waals surface area contributed by atoms with Crippen molar-refractivity contribution in [2.45, 2.75) is 25.3 Å². The number of nitrogens with zero attached hydrogens (tertiary/aromatic N) is 1. The van der Waals surface area contributed by atoms with Gasteiger partial charge in [0.2, 0.25) is 0 Å². The summed E-state index contributed by atoms with van der Waals surface area (Å²) < 4.78 is 5.43. The zero-order valence-electron chi connectivity index (χ0n) is 11.1. The Morgan fingerprint density at radius 3 is 2.84 bits per heavy atom. The van der Waals surface area contributed by atoms with Crippen LogP contribution in [0.15, 0.2) is 30.5 Å². The summed E-state index contributed by atoms with van der Waals surface area (Å²) in [6.07, 6.45) is 3.82. The van der Waals surface area contributed by atoms with E-state index >= 15 is 0 Å². The highest BCUT2D eigenvalue weighted by Gasteiger charge is 2.27. The molecule has 4 nitrogen and oxygen atoms in total. The van der Waals surface area contributed by atoms with E-state index in [1.54, 1.807) is 6.20 Å². The lowest BCUT2D eigenvalue weighted by Gasteiger charge is -2.35. The predicted molar refractivity (Wildman–Crippen MR) is 78.2 cm³/mol. The van der Waals surface area contributed by atoms with E-state index in [1.807, 2.05) is 24.3 Å². The van der Waals surface area contributed by atoms with Crippen LogP contribution in [0.25, 0.3) is 10.9 Å². The zero-order chi connectivity index (χ0) is 13.3. The molecule has 0 saturated carbocycles. The number of nitrogen functional groups attached to an aromatic ring is 1. The van der Waals surface area contributed by atoms with Crippen molar-refractivity contribution in [1.82, 2.24) is 4.98 Å². The molecule has 0 amide bonds. The molecule has 3 N–H and O–H groups in total. The van der Waals surface area contributed by atoms with Crippen molar-refractivity contribution in [2.75, 3.05) is 24.3 Å². The van der Waals surface area contributed by atoms with Crippen molar-refractivity contribution >= 4 is 22.3 Å². The van der Waals surface area contributed by atoms with E-state index in [1.165, 1.54) is 0 Å². The number of rotatable bonds is 2. The lowest BCUT2D eigenvalue weighted by Crippen LogP contribution is -2.40. The molecule has 2 aromatic rings. The Morgan fingerprint density at radius 2 is 2.05 bits per heavy atom. The summed E-state index contributed by atoms with van der Waals surface area (Å²) in [7, 11) is 0. The number of hydrogen-bond acceptors (Lipinski definition) is 4. The topological polar surface area (TPSA) is 60.2 Å². The van der Waals surface area contributed by atoms with Gasteiger partial charge in [0.25, 0.3) is 0 Å². The quantitative estimate of drug-likeness (QED) is 0.812. The molecule has 19 heavy (non-hydrogen) atoms. The summed E-state index contributed by atoms with van der Waals surface area (Å²) in [5.74, 6) is 0. The second kappa shape index (κ2) is 4.70. The Kier molecular flexibility index (Phi) is 3.03. The average molecular weight is 257 g/mol. The lowest BCUT2D eigenvalue weighted by molar-refractivity contribution is 0.0658. The van der Waals surface area contributed by atoms with Crippen molar-refractivity contribution in [3.8, 4) is 0 Å². The molecule has 1 aliphatic heterocycles. The van der Waals surface area contributed by atoms with Crippen LogP contribution in [0.5, 0.6) is 0 Å². The highest BCUT2D eigenvalue weighted by Crippen LogP contribution is 2.31.